The van der Waals surface area contributed by atoms with Crippen LogP contribution >= 0.6 is 0 Å². The highest BCUT2D eigenvalue weighted by atomic mass is 16.3. The molecule has 6 aromatic heterocycles. The number of para-hydroxylation sites is 6. The first-order valence-electron chi connectivity index (χ1n) is 23.2. The number of furan rings is 3. The normalized spacial score (nSPS) is 12.3. The van der Waals surface area contributed by atoms with Gasteiger partial charge in [0.2, 0.25) is 5.69 Å². The van der Waals surface area contributed by atoms with Crippen molar-refractivity contribution in [3.8, 4) is 23.1 Å². The number of hydrogen-bond acceptors (Lipinski definition) is 4. The van der Waals surface area contributed by atoms with Gasteiger partial charge in [-0.15, -0.1) is 0 Å². The maximum atomic E-state index is 11.6. The fourth-order valence-corrected chi connectivity index (χ4v) is 11.9. The van der Waals surface area contributed by atoms with E-state index >= 15 is 0 Å². The lowest BCUT2D eigenvalue weighted by atomic mass is 10.1. The molecule has 16 rings (SSSR count). The van der Waals surface area contributed by atoms with E-state index in [0.29, 0.717) is 28.3 Å². The number of fused-ring (bicyclic) bond motifs is 21. The van der Waals surface area contributed by atoms with Crippen LogP contribution in [0.15, 0.2) is 201 Å². The summed E-state index contributed by atoms with van der Waals surface area (Å²) >= 11 is 0. The summed E-state index contributed by atoms with van der Waals surface area (Å²) in [5.74, 6) is 0. The molecule has 0 fully saturated rings. The Morgan fingerprint density at radius 3 is 1.09 bits per heavy atom. The minimum absolute atomic E-state index is 0.318. The first-order valence-corrected chi connectivity index (χ1v) is 23.2. The molecule has 8 heteroatoms. The zero-order valence-electron chi connectivity index (χ0n) is 36.9. The zero-order valence-corrected chi connectivity index (χ0v) is 36.9. The van der Waals surface area contributed by atoms with Crippen LogP contribution in [-0.4, -0.2) is 13.7 Å². The molecule has 0 saturated carbocycles. The molecule has 0 radical (unpaired) electrons. The van der Waals surface area contributed by atoms with Crippen LogP contribution in [-0.2, 0) is 0 Å². The maximum absolute atomic E-state index is 11.6. The van der Waals surface area contributed by atoms with Gasteiger partial charge in [-0.25, -0.2) is 4.85 Å². The van der Waals surface area contributed by atoms with Crippen LogP contribution in [0.5, 0.6) is 0 Å². The van der Waals surface area contributed by atoms with Crippen LogP contribution in [0, 0.1) is 17.9 Å². The molecule has 0 atom stereocenters. The van der Waals surface area contributed by atoms with Crippen molar-refractivity contribution in [2.45, 2.75) is 0 Å². The molecular weight excluding hydrogens is 863 g/mol. The van der Waals surface area contributed by atoms with Crippen LogP contribution in [0.25, 0.3) is 153 Å². The van der Waals surface area contributed by atoms with E-state index in [0.717, 1.165) is 131 Å². The van der Waals surface area contributed by atoms with Gasteiger partial charge in [0.15, 0.2) is 0 Å². The van der Waals surface area contributed by atoms with Crippen LogP contribution in [0.3, 0.4) is 0 Å². The van der Waals surface area contributed by atoms with Crippen molar-refractivity contribution in [1.29, 1.82) is 5.26 Å². The fourth-order valence-electron chi connectivity index (χ4n) is 11.9. The fraction of sp³-hybridized carbons (Fsp3) is 0. The summed E-state index contributed by atoms with van der Waals surface area (Å²) in [5.41, 5.74) is 12.5. The average Bonchev–Trinajstić information content (AvgIpc) is 4.26. The summed E-state index contributed by atoms with van der Waals surface area (Å²) in [6.45, 7) is 9.09. The Labute approximate surface area is 395 Å². The third-order valence-electron chi connectivity index (χ3n) is 14.7. The van der Waals surface area contributed by atoms with Gasteiger partial charge in [-0.2, -0.15) is 5.26 Å². The van der Waals surface area contributed by atoms with Crippen molar-refractivity contribution in [2.75, 3.05) is 0 Å². The van der Waals surface area contributed by atoms with E-state index in [1.807, 2.05) is 72.8 Å². The van der Waals surface area contributed by atoms with Crippen LogP contribution in [0.4, 0.5) is 5.69 Å². The first kappa shape index (κ1) is 37.1. The lowest BCUT2D eigenvalue weighted by Gasteiger charge is -2.24. The SMILES string of the molecule is [C-]#[N+]c1cc(C#N)c(-n2c3ccccc3c3c4oc5ccccc5c4ccc32)c(-n2c3ccccc3c3c4oc5ccccc5c4ccc32)c1-n1c2ccccc2c2c3oc4ccccc4c3ccc21. The molecule has 0 bridgehead atoms. The summed E-state index contributed by atoms with van der Waals surface area (Å²) in [6.07, 6.45) is 0. The lowest BCUT2D eigenvalue weighted by Crippen LogP contribution is -2.11. The van der Waals surface area contributed by atoms with Crippen molar-refractivity contribution in [2.24, 2.45) is 0 Å². The molecule has 70 heavy (non-hydrogen) atoms. The number of hydrogen-bond donors (Lipinski definition) is 0. The van der Waals surface area contributed by atoms with Crippen LogP contribution < -0.4 is 0 Å². The van der Waals surface area contributed by atoms with E-state index in [2.05, 4.69) is 134 Å². The van der Waals surface area contributed by atoms with E-state index in [4.69, 9.17) is 19.8 Å². The van der Waals surface area contributed by atoms with Gasteiger partial charge < -0.3 is 27.0 Å². The molecule has 0 unspecified atom stereocenters. The molecular formula is C62H31N5O3. The molecule has 0 aliphatic heterocycles. The molecule has 0 saturated heterocycles. The Morgan fingerprint density at radius 2 is 0.700 bits per heavy atom. The number of nitriles is 1. The standard InChI is InChI=1S/C62H31N5O3/c1-64-44-32-34(33-63)57(65-45-20-8-2-17-41(45)54-48(65)29-26-38-35-14-5-11-23-51(35)68-60(38)54)59(67-47-22-10-4-19-43(47)56-50(67)31-28-40-37-16-7-13-25-53(37)70-62(40)56)58(44)66-46-21-9-3-18-42(46)55-49(66)30-27-39-36-15-6-12-24-52(36)69-61(39)55/h2-32H. The highest BCUT2D eigenvalue weighted by Crippen LogP contribution is 2.51. The summed E-state index contributed by atoms with van der Waals surface area (Å²) in [6, 6.07) is 66.7. The highest BCUT2D eigenvalue weighted by molar-refractivity contribution is 6.27. The van der Waals surface area contributed by atoms with Crippen molar-refractivity contribution in [1.82, 2.24) is 13.7 Å². The molecule has 10 aromatic carbocycles. The number of aromatic nitrogens is 3. The molecule has 0 aliphatic rings. The Morgan fingerprint density at radius 1 is 0.357 bits per heavy atom. The molecule has 0 spiro atoms. The topological polar surface area (TPSA) is 82.4 Å². The third kappa shape index (κ3) is 4.57. The molecule has 0 N–H and O–H groups in total. The highest BCUT2D eigenvalue weighted by Gasteiger charge is 2.32. The van der Waals surface area contributed by atoms with E-state index < -0.39 is 0 Å². The smallest absolute Gasteiger partial charge is 0.214 e. The van der Waals surface area contributed by atoms with Gasteiger partial charge in [-0.3, -0.25) is 0 Å². The minimum Gasteiger partial charge on any atom is -0.455 e. The number of benzene rings is 10. The van der Waals surface area contributed by atoms with Crippen molar-refractivity contribution >= 4 is 137 Å². The summed E-state index contributed by atoms with van der Waals surface area (Å²) < 4.78 is 27.1. The average molecular weight is 894 g/mol. The molecule has 8 nitrogen and oxygen atoms in total. The van der Waals surface area contributed by atoms with Gasteiger partial charge in [0, 0.05) is 48.5 Å². The first-order chi connectivity index (χ1) is 34.7. The largest absolute Gasteiger partial charge is 0.455 e. The summed E-state index contributed by atoms with van der Waals surface area (Å²) in [5, 5.41) is 23.5. The second-order valence-corrected chi connectivity index (χ2v) is 18.1. The van der Waals surface area contributed by atoms with Crippen molar-refractivity contribution in [3.63, 3.8) is 0 Å². The van der Waals surface area contributed by atoms with E-state index in [-0.39, 0.29) is 0 Å². The zero-order chi connectivity index (χ0) is 45.9. The van der Waals surface area contributed by atoms with E-state index in [1.165, 1.54) is 0 Å². The summed E-state index contributed by atoms with van der Waals surface area (Å²) in [7, 11) is 0. The van der Waals surface area contributed by atoms with Crippen LogP contribution in [0.1, 0.15) is 5.56 Å². The summed E-state index contributed by atoms with van der Waals surface area (Å²) in [4.78, 5) is 4.37. The molecule has 0 aliphatic carbocycles. The maximum Gasteiger partial charge on any atom is 0.214 e. The Bertz CT molecular complexity index is 4890. The minimum atomic E-state index is 0.318. The third-order valence-corrected chi connectivity index (χ3v) is 14.7. The van der Waals surface area contributed by atoms with Gasteiger partial charge in [-0.1, -0.05) is 109 Å². The second-order valence-electron chi connectivity index (χ2n) is 18.1. The Hall–Kier alpha value is -10.0. The molecule has 16 aromatic rings. The Kier molecular flexibility index (Phi) is 7.06. The van der Waals surface area contributed by atoms with Gasteiger partial charge in [0.05, 0.1) is 78.5 Å². The van der Waals surface area contributed by atoms with E-state index in [1.54, 1.807) is 6.07 Å². The van der Waals surface area contributed by atoms with Crippen molar-refractivity contribution in [3.05, 3.63) is 205 Å². The predicted molar refractivity (Wildman–Crippen MR) is 282 cm³/mol. The van der Waals surface area contributed by atoms with E-state index in [9.17, 15) is 5.26 Å². The molecule has 6 heterocycles. The van der Waals surface area contributed by atoms with Gasteiger partial charge in [0.1, 0.15) is 39.6 Å². The van der Waals surface area contributed by atoms with Gasteiger partial charge in [-0.05, 0) is 78.9 Å². The monoisotopic (exact) mass is 893 g/mol. The van der Waals surface area contributed by atoms with Gasteiger partial charge >= 0.3 is 0 Å². The lowest BCUT2D eigenvalue weighted by molar-refractivity contribution is 0.672. The van der Waals surface area contributed by atoms with Crippen molar-refractivity contribution < 1.29 is 13.3 Å². The molecule has 0 amide bonds. The van der Waals surface area contributed by atoms with Gasteiger partial charge in [0.25, 0.3) is 0 Å². The quantitative estimate of drug-likeness (QED) is 0.165. The number of rotatable bonds is 3. The second kappa shape index (κ2) is 13.3. The molecule has 322 valence electrons. The number of nitrogens with zero attached hydrogens (tertiary/aromatic N) is 5. The Balaban J connectivity index is 1.16. The van der Waals surface area contributed by atoms with Crippen LogP contribution in [0.2, 0.25) is 0 Å². The predicted octanol–water partition coefficient (Wildman–Crippen LogP) is 17.1.